The number of ether oxygens (including phenoxy) is 1. The number of halogens is 1. The van der Waals surface area contributed by atoms with Gasteiger partial charge in [0.1, 0.15) is 5.75 Å². The van der Waals surface area contributed by atoms with E-state index in [1.807, 2.05) is 0 Å². The summed E-state index contributed by atoms with van der Waals surface area (Å²) in [6.07, 6.45) is 3.78. The Morgan fingerprint density at radius 2 is 1.82 bits per heavy atom. The lowest BCUT2D eigenvalue weighted by Crippen LogP contribution is -2.28. The van der Waals surface area contributed by atoms with E-state index >= 15 is 0 Å². The molecule has 0 aromatic heterocycles. The van der Waals surface area contributed by atoms with Crippen LogP contribution in [-0.4, -0.2) is 6.10 Å². The zero-order valence-corrected chi connectivity index (χ0v) is 11.2. The van der Waals surface area contributed by atoms with Crippen molar-refractivity contribution < 1.29 is 4.74 Å². The highest BCUT2D eigenvalue weighted by Crippen LogP contribution is 2.33. The van der Waals surface area contributed by atoms with E-state index in [1.165, 1.54) is 6.42 Å². The van der Waals surface area contributed by atoms with Crippen LogP contribution in [0.5, 0.6) is 5.75 Å². The molecule has 1 aromatic rings. The van der Waals surface area contributed by atoms with Gasteiger partial charge in [0.2, 0.25) is 0 Å². The molecule has 2 N–H and O–H groups in total. The van der Waals surface area contributed by atoms with Gasteiger partial charge >= 0.3 is 0 Å². The zero-order chi connectivity index (χ0) is 12.4. The maximum Gasteiger partial charge on any atom is 0.144 e. The summed E-state index contributed by atoms with van der Waals surface area (Å²) in [5, 5.41) is 0.672. The molecule has 2 unspecified atom stereocenters. The number of nitrogen functional groups attached to an aromatic ring is 1. The van der Waals surface area contributed by atoms with Gasteiger partial charge in [-0.2, -0.15) is 0 Å². The van der Waals surface area contributed by atoms with Crippen molar-refractivity contribution in [2.75, 3.05) is 5.73 Å². The number of rotatable bonds is 2. The summed E-state index contributed by atoms with van der Waals surface area (Å²) in [4.78, 5) is 0. The molecule has 1 aliphatic carbocycles. The summed E-state index contributed by atoms with van der Waals surface area (Å²) in [6.45, 7) is 4.57. The number of nitrogens with two attached hydrogens (primary N) is 1. The van der Waals surface area contributed by atoms with Crippen LogP contribution in [0.15, 0.2) is 18.2 Å². The average molecular weight is 254 g/mol. The Morgan fingerprint density at radius 1 is 1.18 bits per heavy atom. The van der Waals surface area contributed by atoms with Crippen LogP contribution in [0.2, 0.25) is 5.02 Å². The molecule has 94 valence electrons. The van der Waals surface area contributed by atoms with Crippen LogP contribution in [0, 0.1) is 11.8 Å². The van der Waals surface area contributed by atoms with Crippen LogP contribution < -0.4 is 10.5 Å². The second-order valence-electron chi connectivity index (χ2n) is 5.34. The molecule has 0 saturated heterocycles. The second-order valence-corrected chi connectivity index (χ2v) is 5.78. The fourth-order valence-corrected chi connectivity index (χ4v) is 2.92. The molecule has 0 bridgehead atoms. The van der Waals surface area contributed by atoms with Gasteiger partial charge in [0.25, 0.3) is 0 Å². The molecule has 0 spiro atoms. The van der Waals surface area contributed by atoms with Gasteiger partial charge in [-0.3, -0.25) is 0 Å². The first kappa shape index (κ1) is 12.6. The fraction of sp³-hybridized carbons (Fsp3) is 0.571. The third kappa shape index (κ3) is 3.29. The Hall–Kier alpha value is -0.890. The summed E-state index contributed by atoms with van der Waals surface area (Å²) >= 11 is 5.96. The number of hydrogen-bond donors (Lipinski definition) is 1. The summed E-state index contributed by atoms with van der Waals surface area (Å²) in [5.74, 6) is 2.18. The van der Waals surface area contributed by atoms with Gasteiger partial charge in [-0.05, 0) is 43.2 Å². The van der Waals surface area contributed by atoms with E-state index in [-0.39, 0.29) is 6.10 Å². The molecule has 2 atom stereocenters. The molecule has 0 heterocycles. The highest BCUT2D eigenvalue weighted by molar-refractivity contribution is 6.30. The van der Waals surface area contributed by atoms with Crippen LogP contribution >= 0.6 is 11.6 Å². The smallest absolute Gasteiger partial charge is 0.144 e. The molecule has 0 aliphatic heterocycles. The third-order valence-corrected chi connectivity index (χ3v) is 3.64. The van der Waals surface area contributed by atoms with E-state index in [0.29, 0.717) is 10.7 Å². The van der Waals surface area contributed by atoms with Gasteiger partial charge in [0.05, 0.1) is 11.8 Å². The van der Waals surface area contributed by atoms with Crippen LogP contribution in [0.4, 0.5) is 5.69 Å². The highest BCUT2D eigenvalue weighted by atomic mass is 35.5. The van der Waals surface area contributed by atoms with E-state index in [0.717, 1.165) is 30.4 Å². The monoisotopic (exact) mass is 253 g/mol. The first-order valence-electron chi connectivity index (χ1n) is 6.26. The van der Waals surface area contributed by atoms with Crippen LogP contribution in [0.25, 0.3) is 0 Å². The molecular weight excluding hydrogens is 234 g/mol. The van der Waals surface area contributed by atoms with Gasteiger partial charge in [0, 0.05) is 11.1 Å². The Bertz CT molecular complexity index is 384. The van der Waals surface area contributed by atoms with Gasteiger partial charge < -0.3 is 10.5 Å². The largest absolute Gasteiger partial charge is 0.488 e. The predicted molar refractivity (Wildman–Crippen MR) is 72.5 cm³/mol. The molecule has 0 radical (unpaired) electrons. The van der Waals surface area contributed by atoms with Crippen LogP contribution in [0.3, 0.4) is 0 Å². The average Bonchev–Trinajstić information content (AvgIpc) is 2.22. The lowest BCUT2D eigenvalue weighted by atomic mass is 9.82. The van der Waals surface area contributed by atoms with Crippen molar-refractivity contribution in [1.29, 1.82) is 0 Å². The summed E-state index contributed by atoms with van der Waals surface area (Å²) < 4.78 is 6.00. The number of anilines is 1. The number of benzene rings is 1. The third-order valence-electron chi connectivity index (χ3n) is 3.40. The van der Waals surface area contributed by atoms with Crippen LogP contribution in [-0.2, 0) is 0 Å². The molecule has 1 aliphatic rings. The van der Waals surface area contributed by atoms with Crippen molar-refractivity contribution in [2.24, 2.45) is 11.8 Å². The molecule has 3 heteroatoms. The maximum atomic E-state index is 6.00. The predicted octanol–water partition coefficient (Wildman–Crippen LogP) is 4.13. The minimum atomic E-state index is 0.273. The van der Waals surface area contributed by atoms with Gasteiger partial charge in [0.15, 0.2) is 0 Å². The fourth-order valence-electron chi connectivity index (χ4n) is 2.76. The zero-order valence-electron chi connectivity index (χ0n) is 10.4. The van der Waals surface area contributed by atoms with Crippen molar-refractivity contribution in [3.8, 4) is 5.75 Å². The summed E-state index contributed by atoms with van der Waals surface area (Å²) in [5.41, 5.74) is 6.56. The van der Waals surface area contributed by atoms with E-state index in [4.69, 9.17) is 22.1 Å². The van der Waals surface area contributed by atoms with Crippen molar-refractivity contribution >= 4 is 17.3 Å². The summed E-state index contributed by atoms with van der Waals surface area (Å²) in [6, 6.07) is 5.39. The quantitative estimate of drug-likeness (QED) is 0.805. The first-order chi connectivity index (χ1) is 8.04. The molecular formula is C14H20ClNO. The van der Waals surface area contributed by atoms with Gasteiger partial charge in [-0.25, -0.2) is 0 Å². The second kappa shape index (κ2) is 5.18. The minimum absolute atomic E-state index is 0.273. The lowest BCUT2D eigenvalue weighted by molar-refractivity contribution is 0.102. The van der Waals surface area contributed by atoms with Crippen molar-refractivity contribution in [3.05, 3.63) is 23.2 Å². The molecule has 1 fully saturated rings. The van der Waals surface area contributed by atoms with Crippen molar-refractivity contribution in [1.82, 2.24) is 0 Å². The molecule has 0 amide bonds. The normalized spacial score (nSPS) is 29.0. The first-order valence-corrected chi connectivity index (χ1v) is 6.64. The van der Waals surface area contributed by atoms with E-state index in [2.05, 4.69) is 13.8 Å². The molecule has 2 nitrogen and oxygen atoms in total. The molecule has 1 aromatic carbocycles. The molecule has 1 saturated carbocycles. The van der Waals surface area contributed by atoms with Crippen molar-refractivity contribution in [2.45, 2.75) is 39.2 Å². The Kier molecular flexibility index (Phi) is 3.82. The highest BCUT2D eigenvalue weighted by Gasteiger charge is 2.25. The number of hydrogen-bond acceptors (Lipinski definition) is 2. The Labute approximate surface area is 108 Å². The van der Waals surface area contributed by atoms with Gasteiger partial charge in [-0.1, -0.05) is 25.4 Å². The van der Waals surface area contributed by atoms with E-state index in [9.17, 15) is 0 Å². The molecule has 17 heavy (non-hydrogen) atoms. The molecule has 2 rings (SSSR count). The summed E-state index contributed by atoms with van der Waals surface area (Å²) in [7, 11) is 0. The SMILES string of the molecule is CC1CC(C)CC(Oc2cc(Cl)ccc2N)C1. The Morgan fingerprint density at radius 3 is 2.47 bits per heavy atom. The minimum Gasteiger partial charge on any atom is -0.488 e. The van der Waals surface area contributed by atoms with E-state index < -0.39 is 0 Å². The Balaban J connectivity index is 2.07. The van der Waals surface area contributed by atoms with E-state index in [1.54, 1.807) is 18.2 Å². The van der Waals surface area contributed by atoms with Gasteiger partial charge in [-0.15, -0.1) is 0 Å². The van der Waals surface area contributed by atoms with Crippen molar-refractivity contribution in [3.63, 3.8) is 0 Å². The topological polar surface area (TPSA) is 35.2 Å². The lowest BCUT2D eigenvalue weighted by Gasteiger charge is -2.32. The van der Waals surface area contributed by atoms with Crippen LogP contribution in [0.1, 0.15) is 33.1 Å². The maximum absolute atomic E-state index is 6.00. The standard InChI is InChI=1S/C14H20ClNO/c1-9-5-10(2)7-12(6-9)17-14-8-11(15)3-4-13(14)16/h3-4,8-10,12H,5-7,16H2,1-2H3.